The van der Waals surface area contributed by atoms with E-state index in [1.54, 1.807) is 0 Å². The molecule has 80 valence electrons. The van der Waals surface area contributed by atoms with Crippen LogP contribution in [0.1, 0.15) is 41.0 Å². The third-order valence-electron chi connectivity index (χ3n) is 2.31. The predicted molar refractivity (Wildman–Crippen MR) is 52.7 cm³/mol. The first-order valence-electron chi connectivity index (χ1n) is 4.79. The second-order valence-electron chi connectivity index (χ2n) is 5.32. The van der Waals surface area contributed by atoms with E-state index in [1.807, 2.05) is 34.6 Å². The van der Waals surface area contributed by atoms with E-state index in [2.05, 4.69) is 0 Å². The van der Waals surface area contributed by atoms with Gasteiger partial charge in [0.1, 0.15) is 0 Å². The molecule has 0 aromatic carbocycles. The molecule has 14 heavy (non-hydrogen) atoms. The third-order valence-corrected chi connectivity index (χ3v) is 5.15. The monoisotopic (exact) mass is 364 g/mol. The Hall–Kier alpha value is 0.0803. The molecule has 0 unspecified atom stereocenters. The first kappa shape index (κ1) is 14.1. The van der Waals surface area contributed by atoms with Crippen molar-refractivity contribution in [2.45, 2.75) is 45.7 Å². The van der Waals surface area contributed by atoms with Gasteiger partial charge in [-0.2, -0.15) is 0 Å². The van der Waals surface area contributed by atoms with Gasteiger partial charge in [0.2, 0.25) is 0 Å². The minimum atomic E-state index is -0.394. The Labute approximate surface area is 98.7 Å². The van der Waals surface area contributed by atoms with Crippen LogP contribution in [-0.4, -0.2) is 11.6 Å². The van der Waals surface area contributed by atoms with Crippen LogP contribution in [0.4, 0.5) is 0 Å². The Kier molecular flexibility index (Phi) is 4.76. The van der Waals surface area contributed by atoms with Gasteiger partial charge in [0, 0.05) is 0 Å². The standard InChI is InChI=1S/C11H19O2.Ta/c1-10(2,3)8(12)7-9(13)11(4,5)6;/h1,7H2,2-6H3;. The molecule has 0 N–H and O–H groups in total. The number of rotatable bonds is 4. The van der Waals surface area contributed by atoms with Gasteiger partial charge >= 0.3 is 98.7 Å². The fourth-order valence-corrected chi connectivity index (χ4v) is 1.37. The number of carbonyl (C=O) groups is 2. The van der Waals surface area contributed by atoms with E-state index in [0.717, 1.165) is 4.64 Å². The summed E-state index contributed by atoms with van der Waals surface area (Å²) in [5, 5.41) is 0. The SMILES string of the molecule is CC(C)(C)C(=O)CC(=O)C(C)(C)[CH2][Ta]. The second kappa shape index (κ2) is 4.73. The van der Waals surface area contributed by atoms with Gasteiger partial charge in [0.25, 0.3) is 0 Å². The molecule has 0 aliphatic rings. The zero-order valence-corrected chi connectivity index (χ0v) is 12.9. The molecule has 0 aliphatic carbocycles. The summed E-state index contributed by atoms with van der Waals surface area (Å²) in [7, 11) is 0. The zero-order chi connectivity index (χ0) is 11.6. The normalized spacial score (nSPS) is 12.6. The van der Waals surface area contributed by atoms with Crippen molar-refractivity contribution in [2.24, 2.45) is 10.8 Å². The van der Waals surface area contributed by atoms with Crippen molar-refractivity contribution < 1.29 is 30.7 Å². The number of ketones is 2. The summed E-state index contributed by atoms with van der Waals surface area (Å²) < 4.78 is 0.892. The maximum absolute atomic E-state index is 11.7. The van der Waals surface area contributed by atoms with E-state index in [0.29, 0.717) is 0 Å². The summed E-state index contributed by atoms with van der Waals surface area (Å²) in [6.45, 7) is 9.41. The van der Waals surface area contributed by atoms with Crippen molar-refractivity contribution in [1.82, 2.24) is 0 Å². The van der Waals surface area contributed by atoms with Crippen LogP contribution in [0.2, 0.25) is 4.64 Å². The molecule has 0 aromatic heterocycles. The maximum atomic E-state index is 11.7. The van der Waals surface area contributed by atoms with Gasteiger partial charge in [-0.3, -0.25) is 0 Å². The molecule has 3 heteroatoms. The molecule has 0 aliphatic heterocycles. The van der Waals surface area contributed by atoms with Gasteiger partial charge < -0.3 is 0 Å². The molecule has 0 radical (unpaired) electrons. The summed E-state index contributed by atoms with van der Waals surface area (Å²) in [5.41, 5.74) is -0.705. The van der Waals surface area contributed by atoms with Gasteiger partial charge in [0.15, 0.2) is 0 Å². The Balaban J connectivity index is 4.43. The minimum absolute atomic E-state index is 0.0439. The summed E-state index contributed by atoms with van der Waals surface area (Å²) >= 11 is 1.20. The quantitative estimate of drug-likeness (QED) is 0.719. The van der Waals surface area contributed by atoms with Gasteiger partial charge in [-0.15, -0.1) is 0 Å². The molecule has 0 spiro atoms. The van der Waals surface area contributed by atoms with Crippen molar-refractivity contribution in [3.63, 3.8) is 0 Å². The molecule has 0 saturated heterocycles. The van der Waals surface area contributed by atoms with Gasteiger partial charge in [-0.1, -0.05) is 0 Å². The molecule has 0 bridgehead atoms. The van der Waals surface area contributed by atoms with E-state index in [9.17, 15) is 9.59 Å². The van der Waals surface area contributed by atoms with Crippen LogP contribution in [0.3, 0.4) is 0 Å². The summed E-state index contributed by atoms with van der Waals surface area (Å²) in [6.07, 6.45) is 0.0915. The molecule has 0 saturated carbocycles. The molecule has 0 atom stereocenters. The molecule has 0 heterocycles. The van der Waals surface area contributed by atoms with Crippen molar-refractivity contribution in [2.75, 3.05) is 0 Å². The van der Waals surface area contributed by atoms with Crippen LogP contribution >= 0.6 is 0 Å². The van der Waals surface area contributed by atoms with Crippen molar-refractivity contribution in [3.8, 4) is 0 Å². The van der Waals surface area contributed by atoms with Crippen LogP contribution in [0.15, 0.2) is 0 Å². The van der Waals surface area contributed by atoms with Crippen LogP contribution in [0.25, 0.3) is 0 Å². The average Bonchev–Trinajstić information content (AvgIpc) is 2.02. The molecule has 0 amide bonds. The first-order chi connectivity index (χ1) is 6.11. The van der Waals surface area contributed by atoms with Crippen molar-refractivity contribution in [3.05, 3.63) is 0 Å². The molecule has 2 nitrogen and oxygen atoms in total. The molecule has 0 rings (SSSR count). The molecular weight excluding hydrogens is 345 g/mol. The van der Waals surface area contributed by atoms with Crippen LogP contribution < -0.4 is 0 Å². The van der Waals surface area contributed by atoms with Gasteiger partial charge in [-0.05, 0) is 0 Å². The topological polar surface area (TPSA) is 34.1 Å². The number of hydrogen-bond acceptors (Lipinski definition) is 2. The Bertz CT molecular complexity index is 236. The van der Waals surface area contributed by atoms with Crippen LogP contribution in [-0.2, 0) is 30.7 Å². The predicted octanol–water partition coefficient (Wildman–Crippen LogP) is 2.55. The fourth-order valence-electron chi connectivity index (χ4n) is 0.738. The average molecular weight is 364 g/mol. The van der Waals surface area contributed by atoms with E-state index in [1.165, 1.54) is 21.1 Å². The Morgan fingerprint density at radius 1 is 1.00 bits per heavy atom. The van der Waals surface area contributed by atoms with Gasteiger partial charge in [-0.25, -0.2) is 0 Å². The van der Waals surface area contributed by atoms with Crippen molar-refractivity contribution in [1.29, 1.82) is 0 Å². The summed E-state index contributed by atoms with van der Waals surface area (Å²) in [5.74, 6) is 0.127. The number of hydrogen-bond donors (Lipinski definition) is 0. The summed E-state index contributed by atoms with van der Waals surface area (Å²) in [4.78, 5) is 23.4. The van der Waals surface area contributed by atoms with E-state index >= 15 is 0 Å². The van der Waals surface area contributed by atoms with Crippen LogP contribution in [0, 0.1) is 10.8 Å². The van der Waals surface area contributed by atoms with Gasteiger partial charge in [0.05, 0.1) is 0 Å². The third kappa shape index (κ3) is 4.07. The first-order valence-corrected chi connectivity index (χ1v) is 7.06. The Morgan fingerprint density at radius 2 is 1.43 bits per heavy atom. The second-order valence-corrected chi connectivity index (χ2v) is 6.45. The Morgan fingerprint density at radius 3 is 1.71 bits per heavy atom. The number of carbonyl (C=O) groups excluding carboxylic acids is 2. The van der Waals surface area contributed by atoms with E-state index < -0.39 is 5.41 Å². The van der Waals surface area contributed by atoms with E-state index in [4.69, 9.17) is 0 Å². The zero-order valence-electron chi connectivity index (χ0n) is 9.68. The molecular formula is C11H19O2Ta. The van der Waals surface area contributed by atoms with Crippen molar-refractivity contribution >= 4 is 11.6 Å². The molecule has 0 fully saturated rings. The number of Topliss-reactive ketones (excluding diaryl/α,β-unsaturated/α-hetero) is 2. The van der Waals surface area contributed by atoms with E-state index in [-0.39, 0.29) is 23.4 Å². The fraction of sp³-hybridized carbons (Fsp3) is 0.818. The molecule has 0 aromatic rings. The summed E-state index contributed by atoms with van der Waals surface area (Å²) in [6, 6.07) is 0. The van der Waals surface area contributed by atoms with Crippen LogP contribution in [0.5, 0.6) is 0 Å².